The number of sulfonamides is 1. The van der Waals surface area contributed by atoms with Gasteiger partial charge >= 0.3 is 5.97 Å². The first-order valence-electron chi connectivity index (χ1n) is 8.95. The highest BCUT2D eigenvalue weighted by Gasteiger charge is 2.29. The maximum absolute atomic E-state index is 11.8. The van der Waals surface area contributed by atoms with Crippen molar-refractivity contribution in [3.63, 3.8) is 0 Å². The standard InChI is InChI=1S/C20H23NO6S/c1-3-26-19(22)10-9-16-15-11-13(12-28(21,23)24)7-8-14(15)20-17(25-2)5-4-6-18(20)27-16/h4-8,11,16H,3,9-10,12H2,1-2H3,(H2,21,23,24). The Balaban J connectivity index is 2.03. The second-order valence-electron chi connectivity index (χ2n) is 6.51. The van der Waals surface area contributed by atoms with Gasteiger partial charge in [0.25, 0.3) is 0 Å². The lowest BCUT2D eigenvalue weighted by molar-refractivity contribution is -0.143. The molecule has 150 valence electrons. The lowest BCUT2D eigenvalue weighted by Gasteiger charge is -2.30. The van der Waals surface area contributed by atoms with E-state index in [4.69, 9.17) is 19.3 Å². The van der Waals surface area contributed by atoms with Gasteiger partial charge in [0.05, 0.1) is 25.0 Å². The van der Waals surface area contributed by atoms with Gasteiger partial charge in [0.15, 0.2) is 0 Å². The van der Waals surface area contributed by atoms with E-state index in [1.807, 2.05) is 24.3 Å². The Morgan fingerprint density at radius 1 is 1.25 bits per heavy atom. The number of fused-ring (bicyclic) bond motifs is 3. The topological polar surface area (TPSA) is 105 Å². The molecule has 7 nitrogen and oxygen atoms in total. The van der Waals surface area contributed by atoms with Crippen molar-refractivity contribution in [1.29, 1.82) is 0 Å². The first-order valence-corrected chi connectivity index (χ1v) is 10.7. The number of methoxy groups -OCH3 is 1. The monoisotopic (exact) mass is 405 g/mol. The molecule has 1 heterocycles. The van der Waals surface area contributed by atoms with Crippen molar-refractivity contribution < 1.29 is 27.4 Å². The van der Waals surface area contributed by atoms with Gasteiger partial charge in [0, 0.05) is 12.0 Å². The normalized spacial score (nSPS) is 15.2. The van der Waals surface area contributed by atoms with Crippen LogP contribution < -0.4 is 14.6 Å². The second-order valence-corrected chi connectivity index (χ2v) is 8.13. The van der Waals surface area contributed by atoms with Crippen LogP contribution in [0.15, 0.2) is 36.4 Å². The molecule has 0 amide bonds. The van der Waals surface area contributed by atoms with E-state index in [2.05, 4.69) is 0 Å². The summed E-state index contributed by atoms with van der Waals surface area (Å²) in [4.78, 5) is 11.8. The van der Waals surface area contributed by atoms with Gasteiger partial charge in [0.1, 0.15) is 17.6 Å². The SMILES string of the molecule is CCOC(=O)CCC1Oc2cccc(OC)c2-c2ccc(CS(N)(=O)=O)cc21. The van der Waals surface area contributed by atoms with Crippen LogP contribution in [0.3, 0.4) is 0 Å². The van der Waals surface area contributed by atoms with Crippen molar-refractivity contribution in [3.05, 3.63) is 47.5 Å². The molecule has 3 rings (SSSR count). The number of ether oxygens (including phenoxy) is 3. The van der Waals surface area contributed by atoms with Gasteiger partial charge in [-0.15, -0.1) is 0 Å². The molecule has 28 heavy (non-hydrogen) atoms. The van der Waals surface area contributed by atoms with Crippen molar-refractivity contribution in [2.24, 2.45) is 5.14 Å². The molecular weight excluding hydrogens is 382 g/mol. The number of primary sulfonamides is 1. The summed E-state index contributed by atoms with van der Waals surface area (Å²) in [6.45, 7) is 2.08. The highest BCUT2D eigenvalue weighted by atomic mass is 32.2. The summed E-state index contributed by atoms with van der Waals surface area (Å²) in [6.07, 6.45) is 0.178. The molecule has 0 radical (unpaired) electrons. The lowest BCUT2D eigenvalue weighted by Crippen LogP contribution is -2.18. The number of benzene rings is 2. The largest absolute Gasteiger partial charge is 0.496 e. The van der Waals surface area contributed by atoms with Crippen molar-refractivity contribution in [2.75, 3.05) is 13.7 Å². The van der Waals surface area contributed by atoms with Gasteiger partial charge in [-0.25, -0.2) is 13.6 Å². The third-order valence-electron chi connectivity index (χ3n) is 4.49. The molecule has 8 heteroatoms. The summed E-state index contributed by atoms with van der Waals surface area (Å²) in [5, 5.41) is 5.19. The molecule has 0 spiro atoms. The molecule has 0 bridgehead atoms. The Labute approximate surface area is 164 Å². The van der Waals surface area contributed by atoms with E-state index in [1.54, 1.807) is 26.2 Å². The Kier molecular flexibility index (Phi) is 5.90. The van der Waals surface area contributed by atoms with Crippen LogP contribution in [0.2, 0.25) is 0 Å². The molecule has 0 saturated carbocycles. The number of esters is 1. The molecule has 0 saturated heterocycles. The third kappa shape index (κ3) is 4.45. The highest BCUT2D eigenvalue weighted by Crippen LogP contribution is 2.48. The first kappa shape index (κ1) is 20.2. The van der Waals surface area contributed by atoms with Crippen molar-refractivity contribution in [3.8, 4) is 22.6 Å². The van der Waals surface area contributed by atoms with Crippen molar-refractivity contribution in [1.82, 2.24) is 0 Å². The van der Waals surface area contributed by atoms with E-state index < -0.39 is 16.1 Å². The van der Waals surface area contributed by atoms with Gasteiger partial charge in [-0.1, -0.05) is 24.3 Å². The fourth-order valence-corrected chi connectivity index (χ4v) is 4.03. The van der Waals surface area contributed by atoms with E-state index in [9.17, 15) is 13.2 Å². The molecule has 1 aliphatic heterocycles. The minimum absolute atomic E-state index is 0.191. The van der Waals surface area contributed by atoms with Crippen LogP contribution in [-0.4, -0.2) is 28.1 Å². The summed E-state index contributed by atoms with van der Waals surface area (Å²) < 4.78 is 39.6. The molecule has 0 aromatic heterocycles. The van der Waals surface area contributed by atoms with Crippen LogP contribution >= 0.6 is 0 Å². The van der Waals surface area contributed by atoms with E-state index in [-0.39, 0.29) is 18.1 Å². The smallest absolute Gasteiger partial charge is 0.305 e. The average Bonchev–Trinajstić information content (AvgIpc) is 2.64. The number of carbonyl (C=O) groups excluding carboxylic acids is 1. The minimum atomic E-state index is -3.67. The Hall–Kier alpha value is -2.58. The van der Waals surface area contributed by atoms with E-state index in [0.717, 1.165) is 16.7 Å². The fourth-order valence-electron chi connectivity index (χ4n) is 3.39. The zero-order valence-electron chi connectivity index (χ0n) is 15.8. The van der Waals surface area contributed by atoms with Crippen LogP contribution in [-0.2, 0) is 25.3 Å². The van der Waals surface area contributed by atoms with Gasteiger partial charge in [-0.3, -0.25) is 4.79 Å². The molecule has 0 aliphatic carbocycles. The maximum Gasteiger partial charge on any atom is 0.305 e. The summed E-state index contributed by atoms with van der Waals surface area (Å²) >= 11 is 0. The lowest BCUT2D eigenvalue weighted by atomic mass is 9.89. The number of rotatable bonds is 7. The van der Waals surface area contributed by atoms with Crippen LogP contribution in [0, 0.1) is 0 Å². The molecule has 2 N–H and O–H groups in total. The summed E-state index contributed by atoms with van der Waals surface area (Å²) in [6, 6.07) is 10.9. The summed E-state index contributed by atoms with van der Waals surface area (Å²) in [5.41, 5.74) is 3.03. The molecule has 1 aliphatic rings. The van der Waals surface area contributed by atoms with Crippen LogP contribution in [0.5, 0.6) is 11.5 Å². The van der Waals surface area contributed by atoms with Gasteiger partial charge in [-0.05, 0) is 36.6 Å². The zero-order valence-corrected chi connectivity index (χ0v) is 16.6. The zero-order chi connectivity index (χ0) is 20.3. The number of carbonyl (C=O) groups is 1. The van der Waals surface area contributed by atoms with Gasteiger partial charge in [0.2, 0.25) is 10.0 Å². The van der Waals surface area contributed by atoms with E-state index in [0.29, 0.717) is 30.1 Å². The minimum Gasteiger partial charge on any atom is -0.496 e. The molecule has 0 fully saturated rings. The Morgan fingerprint density at radius 3 is 2.71 bits per heavy atom. The van der Waals surface area contributed by atoms with E-state index >= 15 is 0 Å². The number of nitrogens with two attached hydrogens (primary N) is 1. The fraction of sp³-hybridized carbons (Fsp3) is 0.350. The third-order valence-corrected chi connectivity index (χ3v) is 5.23. The number of hydrogen-bond donors (Lipinski definition) is 1. The van der Waals surface area contributed by atoms with E-state index in [1.165, 1.54) is 0 Å². The van der Waals surface area contributed by atoms with Crippen molar-refractivity contribution in [2.45, 2.75) is 31.6 Å². The second kappa shape index (κ2) is 8.20. The highest BCUT2D eigenvalue weighted by molar-refractivity contribution is 7.88. The Bertz CT molecular complexity index is 986. The molecule has 2 aromatic carbocycles. The quantitative estimate of drug-likeness (QED) is 0.710. The molecule has 2 aromatic rings. The predicted molar refractivity (Wildman–Crippen MR) is 104 cm³/mol. The van der Waals surface area contributed by atoms with Gasteiger partial charge < -0.3 is 14.2 Å². The van der Waals surface area contributed by atoms with Crippen LogP contribution in [0.4, 0.5) is 0 Å². The van der Waals surface area contributed by atoms with Crippen molar-refractivity contribution >= 4 is 16.0 Å². The molecule has 1 atom stereocenters. The van der Waals surface area contributed by atoms with Gasteiger partial charge in [-0.2, -0.15) is 0 Å². The molecular formula is C20H23NO6S. The first-order chi connectivity index (χ1) is 13.3. The Morgan fingerprint density at radius 2 is 2.04 bits per heavy atom. The summed E-state index contributed by atoms with van der Waals surface area (Å²) in [7, 11) is -2.09. The predicted octanol–water partition coefficient (Wildman–Crippen LogP) is 2.93. The van der Waals surface area contributed by atoms with Crippen LogP contribution in [0.1, 0.15) is 37.0 Å². The average molecular weight is 405 g/mol. The summed E-state index contributed by atoms with van der Waals surface area (Å²) in [5.74, 6) is 0.732. The van der Waals surface area contributed by atoms with Crippen LogP contribution in [0.25, 0.3) is 11.1 Å². The maximum atomic E-state index is 11.8. The molecule has 1 unspecified atom stereocenters. The number of hydrogen-bond acceptors (Lipinski definition) is 6.